The van der Waals surface area contributed by atoms with Crippen molar-refractivity contribution in [3.63, 3.8) is 0 Å². The van der Waals surface area contributed by atoms with Gasteiger partial charge in [0.1, 0.15) is 29.6 Å². The van der Waals surface area contributed by atoms with E-state index in [0.717, 1.165) is 6.42 Å². The lowest BCUT2D eigenvalue weighted by atomic mass is 9.80. The van der Waals surface area contributed by atoms with E-state index in [4.69, 9.17) is 18.9 Å². The van der Waals surface area contributed by atoms with Crippen LogP contribution < -0.4 is 14.9 Å². The minimum atomic E-state index is -4.80. The number of fused-ring (bicyclic) bond motifs is 1. The minimum absolute atomic E-state index is 0.0144. The number of aromatic nitrogens is 1. The number of pyridine rings is 1. The number of hydrogen-bond donors (Lipinski definition) is 1. The van der Waals surface area contributed by atoms with Gasteiger partial charge in [-0.1, -0.05) is 13.0 Å². The van der Waals surface area contributed by atoms with Crippen molar-refractivity contribution in [1.29, 1.82) is 5.26 Å². The first-order chi connectivity index (χ1) is 14.3. The molecule has 1 N–H and O–H groups in total. The van der Waals surface area contributed by atoms with Gasteiger partial charge in [-0.25, -0.2) is 0 Å². The number of ether oxygens (including phenoxy) is 3. The van der Waals surface area contributed by atoms with E-state index in [1.54, 1.807) is 6.07 Å². The smallest absolute Gasteiger partial charge is 0.474 e. The molecule has 1 aromatic heterocycles. The predicted molar refractivity (Wildman–Crippen MR) is 99.5 cm³/mol. The summed E-state index contributed by atoms with van der Waals surface area (Å²) in [5.74, 6) is -0.947. The summed E-state index contributed by atoms with van der Waals surface area (Å²) in [5.41, 5.74) is -0.463. The normalized spacial score (nSPS) is 13.1. The highest BCUT2D eigenvalue weighted by Crippen LogP contribution is 2.39. The van der Waals surface area contributed by atoms with Gasteiger partial charge in [-0.2, -0.15) is 23.4 Å². The zero-order valence-corrected chi connectivity index (χ0v) is 16.0. The van der Waals surface area contributed by atoms with E-state index < -0.39 is 24.7 Å². The zero-order chi connectivity index (χ0) is 21.7. The summed E-state index contributed by atoms with van der Waals surface area (Å²) in [7, 11) is -1.08. The monoisotopic (exact) mass is 422 g/mol. The minimum Gasteiger partial charge on any atom is -0.474 e. The van der Waals surface area contributed by atoms with Crippen LogP contribution >= 0.6 is 0 Å². The summed E-state index contributed by atoms with van der Waals surface area (Å²) in [4.78, 5) is 3.81. The van der Waals surface area contributed by atoms with E-state index in [2.05, 4.69) is 4.98 Å². The first-order valence-electron chi connectivity index (χ1n) is 9.16. The Morgan fingerprint density at radius 2 is 2.03 bits per heavy atom. The van der Waals surface area contributed by atoms with Crippen molar-refractivity contribution in [2.24, 2.45) is 0 Å². The Morgan fingerprint density at radius 1 is 1.23 bits per heavy atom. The Bertz CT molecular complexity index is 949. The van der Waals surface area contributed by atoms with Crippen LogP contribution in [0.5, 0.6) is 17.5 Å². The van der Waals surface area contributed by atoms with E-state index in [0.29, 0.717) is 23.7 Å². The second-order valence-electron chi connectivity index (χ2n) is 6.39. The van der Waals surface area contributed by atoms with Crippen LogP contribution in [-0.2, 0) is 22.2 Å². The Balaban J connectivity index is 1.89. The van der Waals surface area contributed by atoms with Crippen LogP contribution in [0, 0.1) is 11.3 Å². The van der Waals surface area contributed by atoms with Crippen molar-refractivity contribution in [3.05, 3.63) is 41.0 Å². The molecule has 0 amide bonds. The average molecular weight is 422 g/mol. The quantitative estimate of drug-likeness (QED) is 0.517. The SMILES string of the molecule is CCCOCCOc1nc(Oc2ccc3c(c2)COB3O)c(C(F)(F)F)cc1C#N. The van der Waals surface area contributed by atoms with Crippen LogP contribution in [0.4, 0.5) is 13.2 Å². The molecule has 0 radical (unpaired) electrons. The summed E-state index contributed by atoms with van der Waals surface area (Å²) in [6, 6.07) is 6.67. The van der Waals surface area contributed by atoms with Crippen molar-refractivity contribution in [2.75, 3.05) is 19.8 Å². The lowest BCUT2D eigenvalue weighted by molar-refractivity contribution is -0.138. The van der Waals surface area contributed by atoms with Gasteiger partial charge in [0.25, 0.3) is 0 Å². The maximum Gasteiger partial charge on any atom is 0.491 e. The number of halogens is 3. The first kappa shape index (κ1) is 21.9. The number of hydrogen-bond acceptors (Lipinski definition) is 7. The molecular formula is C19H18BF3N2O5. The Hall–Kier alpha value is -2.81. The molecule has 0 atom stereocenters. The third-order valence-corrected chi connectivity index (χ3v) is 4.19. The van der Waals surface area contributed by atoms with Crippen LogP contribution in [0.3, 0.4) is 0 Å². The molecule has 1 aliphatic heterocycles. The molecule has 0 saturated heterocycles. The van der Waals surface area contributed by atoms with Crippen LogP contribution in [0.2, 0.25) is 0 Å². The standard InChI is InChI=1S/C19H18BF3N2O5/c1-2-5-27-6-7-28-17-12(10-24)9-15(19(21,22)23)18(25-17)30-14-3-4-16-13(8-14)11-29-20(16)26/h3-4,8-9,26H,2,5-7,11H2,1H3. The number of nitrogens with zero attached hydrogens (tertiary/aromatic N) is 2. The molecule has 0 aliphatic carbocycles. The fourth-order valence-electron chi connectivity index (χ4n) is 2.78. The third-order valence-electron chi connectivity index (χ3n) is 4.19. The molecule has 1 aromatic carbocycles. The van der Waals surface area contributed by atoms with Gasteiger partial charge in [0, 0.05) is 6.61 Å². The molecule has 30 heavy (non-hydrogen) atoms. The fourth-order valence-corrected chi connectivity index (χ4v) is 2.78. The van der Waals surface area contributed by atoms with Crippen LogP contribution in [-0.4, -0.2) is 36.9 Å². The zero-order valence-electron chi connectivity index (χ0n) is 16.0. The molecule has 7 nitrogen and oxygen atoms in total. The highest BCUT2D eigenvalue weighted by Gasteiger charge is 2.37. The van der Waals surface area contributed by atoms with E-state index in [1.807, 2.05) is 6.92 Å². The summed E-state index contributed by atoms with van der Waals surface area (Å²) >= 11 is 0. The molecule has 0 bridgehead atoms. The van der Waals surface area contributed by atoms with Gasteiger partial charge < -0.3 is 23.9 Å². The second-order valence-corrected chi connectivity index (χ2v) is 6.39. The van der Waals surface area contributed by atoms with E-state index in [-0.39, 0.29) is 37.0 Å². The Morgan fingerprint density at radius 3 is 2.73 bits per heavy atom. The van der Waals surface area contributed by atoms with Crippen molar-refractivity contribution >= 4 is 12.6 Å². The van der Waals surface area contributed by atoms with Crippen molar-refractivity contribution in [1.82, 2.24) is 4.98 Å². The molecule has 158 valence electrons. The number of alkyl halides is 3. The van der Waals surface area contributed by atoms with Gasteiger partial charge in [-0.3, -0.25) is 0 Å². The summed E-state index contributed by atoms with van der Waals surface area (Å²) in [6.45, 7) is 2.76. The van der Waals surface area contributed by atoms with E-state index >= 15 is 0 Å². The average Bonchev–Trinajstić information content (AvgIpc) is 3.07. The summed E-state index contributed by atoms with van der Waals surface area (Å²) in [6.07, 6.45) is -3.99. The van der Waals surface area contributed by atoms with Crippen molar-refractivity contribution in [2.45, 2.75) is 26.1 Å². The van der Waals surface area contributed by atoms with Gasteiger partial charge in [0.15, 0.2) is 0 Å². The Labute approximate surface area is 171 Å². The van der Waals surface area contributed by atoms with Gasteiger partial charge in [0.2, 0.25) is 11.8 Å². The molecule has 0 unspecified atom stereocenters. The number of nitriles is 1. The molecule has 0 spiro atoms. The van der Waals surface area contributed by atoms with Crippen LogP contribution in [0.25, 0.3) is 0 Å². The van der Waals surface area contributed by atoms with Gasteiger partial charge >= 0.3 is 13.3 Å². The van der Waals surface area contributed by atoms with Crippen LogP contribution in [0.15, 0.2) is 24.3 Å². The lowest BCUT2D eigenvalue weighted by Gasteiger charge is -2.16. The molecule has 11 heteroatoms. The van der Waals surface area contributed by atoms with Gasteiger partial charge in [0.05, 0.1) is 13.2 Å². The lowest BCUT2D eigenvalue weighted by Crippen LogP contribution is -2.27. The topological polar surface area (TPSA) is 93.8 Å². The predicted octanol–water partition coefficient (Wildman–Crippen LogP) is 2.79. The Kier molecular flexibility index (Phi) is 6.82. The highest BCUT2D eigenvalue weighted by molar-refractivity contribution is 6.61. The summed E-state index contributed by atoms with van der Waals surface area (Å²) in [5, 5.41) is 18.9. The second kappa shape index (κ2) is 9.34. The maximum absolute atomic E-state index is 13.5. The van der Waals surface area contributed by atoms with E-state index in [9.17, 15) is 23.5 Å². The highest BCUT2D eigenvalue weighted by atomic mass is 19.4. The van der Waals surface area contributed by atoms with Gasteiger partial charge in [-0.05, 0) is 35.6 Å². The number of benzene rings is 1. The first-order valence-corrected chi connectivity index (χ1v) is 9.16. The molecule has 2 aromatic rings. The molecule has 0 saturated carbocycles. The fraction of sp³-hybridized carbons (Fsp3) is 0.368. The van der Waals surface area contributed by atoms with E-state index in [1.165, 1.54) is 18.2 Å². The summed E-state index contributed by atoms with van der Waals surface area (Å²) < 4.78 is 61.6. The molecule has 2 heterocycles. The van der Waals surface area contributed by atoms with Crippen molar-refractivity contribution in [3.8, 4) is 23.6 Å². The van der Waals surface area contributed by atoms with Crippen molar-refractivity contribution < 1.29 is 37.1 Å². The maximum atomic E-state index is 13.5. The molecular weight excluding hydrogens is 404 g/mol. The van der Waals surface area contributed by atoms with Gasteiger partial charge in [-0.15, -0.1) is 0 Å². The molecule has 3 rings (SSSR count). The largest absolute Gasteiger partial charge is 0.491 e. The van der Waals surface area contributed by atoms with Crippen LogP contribution in [0.1, 0.15) is 30.0 Å². The molecule has 0 fully saturated rings. The number of rotatable bonds is 8. The third kappa shape index (κ3) is 5.02. The molecule has 1 aliphatic rings.